The van der Waals surface area contributed by atoms with E-state index >= 15 is 0 Å². The molecule has 0 N–H and O–H groups in total. The molecule has 3 rings (SSSR count). The number of esters is 1. The van der Waals surface area contributed by atoms with Crippen LogP contribution in [0.4, 0.5) is 0 Å². The van der Waals surface area contributed by atoms with Gasteiger partial charge in [-0.25, -0.2) is 0 Å². The quantitative estimate of drug-likeness (QED) is 0.554. The highest BCUT2D eigenvalue weighted by Gasteiger charge is 2.29. The Hall–Kier alpha value is -1.83. The van der Waals surface area contributed by atoms with Crippen molar-refractivity contribution in [1.29, 1.82) is 0 Å². The number of hydrogen-bond acceptors (Lipinski definition) is 2. The van der Waals surface area contributed by atoms with E-state index in [0.717, 1.165) is 25.7 Å². The molecule has 0 radical (unpaired) electrons. The van der Waals surface area contributed by atoms with Gasteiger partial charge in [-0.05, 0) is 70.4 Å². The average molecular weight is 310 g/mol. The zero-order valence-corrected chi connectivity index (χ0v) is 14.2. The van der Waals surface area contributed by atoms with E-state index in [1.807, 2.05) is 31.2 Å². The molecule has 2 heteroatoms. The van der Waals surface area contributed by atoms with Gasteiger partial charge in [-0.3, -0.25) is 4.79 Å². The summed E-state index contributed by atoms with van der Waals surface area (Å²) in [5.74, 6) is 1.34. The predicted molar refractivity (Wildman–Crippen MR) is 93.3 cm³/mol. The minimum Gasteiger partial charge on any atom is -0.426 e. The molecule has 0 atom stereocenters. The summed E-state index contributed by atoms with van der Waals surface area (Å²) in [6, 6.07) is 7.70. The Kier molecular flexibility index (Phi) is 5.00. The first kappa shape index (κ1) is 16.0. The summed E-state index contributed by atoms with van der Waals surface area (Å²) in [5, 5.41) is 0. The van der Waals surface area contributed by atoms with Gasteiger partial charge < -0.3 is 4.74 Å². The van der Waals surface area contributed by atoms with Crippen LogP contribution in [0.2, 0.25) is 0 Å². The van der Waals surface area contributed by atoms with Gasteiger partial charge in [-0.2, -0.15) is 0 Å². The van der Waals surface area contributed by atoms with Crippen LogP contribution in [-0.2, 0) is 4.79 Å². The summed E-state index contributed by atoms with van der Waals surface area (Å²) in [6.07, 6.45) is 11.1. The number of carbonyl (C=O) groups is 1. The summed E-state index contributed by atoms with van der Waals surface area (Å²) in [4.78, 5) is 12.3. The van der Waals surface area contributed by atoms with Gasteiger partial charge in [-0.15, -0.1) is 0 Å². The van der Waals surface area contributed by atoms with Crippen LogP contribution in [0.1, 0.15) is 51.0 Å². The second kappa shape index (κ2) is 7.16. The van der Waals surface area contributed by atoms with E-state index in [1.54, 1.807) is 5.57 Å². The van der Waals surface area contributed by atoms with Crippen molar-refractivity contribution in [2.24, 2.45) is 11.8 Å². The van der Waals surface area contributed by atoms with Crippen LogP contribution in [0.15, 0.2) is 47.6 Å². The Balaban J connectivity index is 1.52. The molecule has 23 heavy (non-hydrogen) atoms. The van der Waals surface area contributed by atoms with E-state index in [4.69, 9.17) is 4.74 Å². The Bertz CT molecular complexity index is 614. The van der Waals surface area contributed by atoms with Crippen molar-refractivity contribution in [3.8, 4) is 5.75 Å². The van der Waals surface area contributed by atoms with Gasteiger partial charge in [0.15, 0.2) is 0 Å². The van der Waals surface area contributed by atoms with Crippen LogP contribution >= 0.6 is 0 Å². The minimum absolute atomic E-state index is 0.0549. The SMILES string of the molecule is CC1=CC=C(C2CCC(C(=O)Oc3ccc(C)cc3)CC2)CC1. The number of hydrogen-bond donors (Lipinski definition) is 0. The molecule has 0 saturated heterocycles. The van der Waals surface area contributed by atoms with Crippen molar-refractivity contribution in [3.05, 3.63) is 53.1 Å². The summed E-state index contributed by atoms with van der Waals surface area (Å²) < 4.78 is 5.54. The molecule has 0 aliphatic heterocycles. The maximum Gasteiger partial charge on any atom is 0.314 e. The van der Waals surface area contributed by atoms with Gasteiger partial charge in [0.2, 0.25) is 0 Å². The second-order valence-electron chi connectivity index (χ2n) is 7.04. The van der Waals surface area contributed by atoms with Crippen LogP contribution in [0.25, 0.3) is 0 Å². The lowest BCUT2D eigenvalue weighted by atomic mass is 9.76. The lowest BCUT2D eigenvalue weighted by Gasteiger charge is -2.30. The maximum absolute atomic E-state index is 12.3. The fraction of sp³-hybridized carbons (Fsp3) is 0.476. The largest absolute Gasteiger partial charge is 0.426 e. The molecule has 0 aromatic heterocycles. The topological polar surface area (TPSA) is 26.3 Å². The zero-order chi connectivity index (χ0) is 16.2. The number of rotatable bonds is 3. The molecule has 1 fully saturated rings. The lowest BCUT2D eigenvalue weighted by molar-refractivity contribution is -0.140. The number of ether oxygens (including phenoxy) is 1. The van der Waals surface area contributed by atoms with E-state index in [9.17, 15) is 4.79 Å². The van der Waals surface area contributed by atoms with Crippen LogP contribution in [0, 0.1) is 18.8 Å². The summed E-state index contributed by atoms with van der Waals surface area (Å²) in [7, 11) is 0. The molecule has 0 bridgehead atoms. The molecule has 0 heterocycles. The smallest absolute Gasteiger partial charge is 0.314 e. The molecule has 2 aliphatic carbocycles. The second-order valence-corrected chi connectivity index (χ2v) is 7.04. The van der Waals surface area contributed by atoms with Gasteiger partial charge in [0.05, 0.1) is 5.92 Å². The fourth-order valence-electron chi connectivity index (χ4n) is 3.60. The van der Waals surface area contributed by atoms with E-state index in [2.05, 4.69) is 19.1 Å². The highest BCUT2D eigenvalue weighted by Crippen LogP contribution is 2.37. The number of aryl methyl sites for hydroxylation is 1. The molecule has 0 spiro atoms. The molecule has 122 valence electrons. The molecule has 1 aromatic rings. The molecule has 2 nitrogen and oxygen atoms in total. The zero-order valence-electron chi connectivity index (χ0n) is 14.2. The molecule has 2 aliphatic rings. The summed E-state index contributed by atoms with van der Waals surface area (Å²) in [5.41, 5.74) is 4.24. The van der Waals surface area contributed by atoms with Crippen molar-refractivity contribution >= 4 is 5.97 Å². The van der Waals surface area contributed by atoms with Gasteiger partial charge >= 0.3 is 5.97 Å². The first-order valence-electron chi connectivity index (χ1n) is 8.76. The van der Waals surface area contributed by atoms with Crippen molar-refractivity contribution in [1.82, 2.24) is 0 Å². The van der Waals surface area contributed by atoms with Gasteiger partial charge in [-0.1, -0.05) is 41.0 Å². The van der Waals surface area contributed by atoms with Crippen LogP contribution < -0.4 is 4.74 Å². The fourth-order valence-corrected chi connectivity index (χ4v) is 3.60. The highest BCUT2D eigenvalue weighted by molar-refractivity contribution is 5.75. The normalized spacial score (nSPS) is 24.6. The Labute approximate surface area is 139 Å². The van der Waals surface area contributed by atoms with Crippen molar-refractivity contribution < 1.29 is 9.53 Å². The average Bonchev–Trinajstić information content (AvgIpc) is 2.58. The van der Waals surface area contributed by atoms with E-state index in [1.165, 1.54) is 24.0 Å². The Morgan fingerprint density at radius 1 is 0.957 bits per heavy atom. The number of carbonyl (C=O) groups excluding carboxylic acids is 1. The predicted octanol–water partition coefficient (Wildman–Crippen LogP) is 5.37. The first-order valence-corrected chi connectivity index (χ1v) is 8.76. The minimum atomic E-state index is -0.0549. The third-order valence-electron chi connectivity index (χ3n) is 5.21. The molecular weight excluding hydrogens is 284 g/mol. The molecule has 1 saturated carbocycles. The van der Waals surface area contributed by atoms with E-state index in [0.29, 0.717) is 11.7 Å². The highest BCUT2D eigenvalue weighted by atomic mass is 16.5. The Morgan fingerprint density at radius 2 is 1.65 bits per heavy atom. The lowest BCUT2D eigenvalue weighted by Crippen LogP contribution is -2.26. The molecule has 0 amide bonds. The molecule has 1 aromatic carbocycles. The summed E-state index contributed by atoms with van der Waals surface area (Å²) >= 11 is 0. The number of allylic oxidation sites excluding steroid dienone is 4. The maximum atomic E-state index is 12.3. The van der Waals surface area contributed by atoms with Crippen molar-refractivity contribution in [2.45, 2.75) is 52.4 Å². The first-order chi connectivity index (χ1) is 11.1. The Morgan fingerprint density at radius 3 is 2.26 bits per heavy atom. The van der Waals surface area contributed by atoms with Gasteiger partial charge in [0.25, 0.3) is 0 Å². The van der Waals surface area contributed by atoms with E-state index in [-0.39, 0.29) is 11.9 Å². The molecule has 0 unspecified atom stereocenters. The van der Waals surface area contributed by atoms with Crippen LogP contribution in [0.5, 0.6) is 5.75 Å². The standard InChI is InChI=1S/C21H26O2/c1-15-3-7-17(8-4-15)18-9-11-19(12-10-18)21(22)23-20-13-5-16(2)6-14-20/h3,5-7,13-14,18-19H,4,8-12H2,1-2H3. The van der Waals surface area contributed by atoms with Crippen LogP contribution in [-0.4, -0.2) is 5.97 Å². The summed E-state index contributed by atoms with van der Waals surface area (Å²) in [6.45, 7) is 4.23. The van der Waals surface area contributed by atoms with Crippen LogP contribution in [0.3, 0.4) is 0 Å². The monoisotopic (exact) mass is 310 g/mol. The van der Waals surface area contributed by atoms with Gasteiger partial charge in [0.1, 0.15) is 5.75 Å². The third-order valence-corrected chi connectivity index (χ3v) is 5.21. The number of benzene rings is 1. The third kappa shape index (κ3) is 4.13. The van der Waals surface area contributed by atoms with Crippen molar-refractivity contribution in [2.75, 3.05) is 0 Å². The molecular formula is C21H26O2. The van der Waals surface area contributed by atoms with E-state index < -0.39 is 0 Å². The van der Waals surface area contributed by atoms with Gasteiger partial charge in [0, 0.05) is 0 Å². The van der Waals surface area contributed by atoms with Crippen molar-refractivity contribution in [3.63, 3.8) is 0 Å².